The van der Waals surface area contributed by atoms with Crippen molar-refractivity contribution in [2.45, 2.75) is 25.4 Å². The number of rotatable bonds is 1. The Kier molecular flexibility index (Phi) is 2.44. The van der Waals surface area contributed by atoms with Gasteiger partial charge in [0.1, 0.15) is 6.33 Å². The second-order valence-electron chi connectivity index (χ2n) is 4.12. The number of nitrogens with zero attached hydrogens (tertiary/aromatic N) is 3. The number of amides is 1. The van der Waals surface area contributed by atoms with E-state index in [0.29, 0.717) is 25.9 Å². The predicted molar refractivity (Wildman–Crippen MR) is 52.1 cm³/mol. The summed E-state index contributed by atoms with van der Waals surface area (Å²) < 4.78 is 0. The van der Waals surface area contributed by atoms with Gasteiger partial charge in [0.05, 0.1) is 5.60 Å². The Hall–Kier alpha value is -1.43. The standard InChI is InChI=1S/C9H14N4O2/c1-9(15)2-4-13(5-3-9)8(14)7-10-6-11-12-7/h6,15H,2-5H2,1H3,(H,10,11,12). The van der Waals surface area contributed by atoms with E-state index in [4.69, 9.17) is 0 Å². The molecule has 1 aromatic rings. The Labute approximate surface area is 87.3 Å². The zero-order chi connectivity index (χ0) is 10.9. The molecule has 82 valence electrons. The van der Waals surface area contributed by atoms with Gasteiger partial charge in [-0.2, -0.15) is 5.10 Å². The van der Waals surface area contributed by atoms with E-state index in [1.165, 1.54) is 6.33 Å². The molecule has 15 heavy (non-hydrogen) atoms. The molecule has 0 spiro atoms. The lowest BCUT2D eigenvalue weighted by molar-refractivity contribution is -0.00236. The van der Waals surface area contributed by atoms with Crippen LogP contribution in [0, 0.1) is 0 Å². The van der Waals surface area contributed by atoms with Crippen molar-refractivity contribution in [1.29, 1.82) is 0 Å². The van der Waals surface area contributed by atoms with Gasteiger partial charge in [0, 0.05) is 13.1 Å². The molecule has 0 unspecified atom stereocenters. The van der Waals surface area contributed by atoms with E-state index in [9.17, 15) is 9.90 Å². The first-order valence-corrected chi connectivity index (χ1v) is 4.95. The molecule has 1 saturated heterocycles. The molecule has 0 bridgehead atoms. The van der Waals surface area contributed by atoms with E-state index in [1.54, 1.807) is 11.8 Å². The van der Waals surface area contributed by atoms with Gasteiger partial charge < -0.3 is 10.0 Å². The highest BCUT2D eigenvalue weighted by atomic mass is 16.3. The van der Waals surface area contributed by atoms with Crippen LogP contribution in [0.25, 0.3) is 0 Å². The van der Waals surface area contributed by atoms with Crippen LogP contribution >= 0.6 is 0 Å². The normalized spacial score (nSPS) is 20.3. The zero-order valence-corrected chi connectivity index (χ0v) is 8.60. The third-order valence-electron chi connectivity index (χ3n) is 2.75. The summed E-state index contributed by atoms with van der Waals surface area (Å²) in [6.07, 6.45) is 2.52. The van der Waals surface area contributed by atoms with Crippen LogP contribution in [-0.2, 0) is 0 Å². The van der Waals surface area contributed by atoms with Crippen molar-refractivity contribution in [2.75, 3.05) is 13.1 Å². The van der Waals surface area contributed by atoms with Crippen LogP contribution in [0.2, 0.25) is 0 Å². The molecule has 2 N–H and O–H groups in total. The fourth-order valence-corrected chi connectivity index (χ4v) is 1.65. The highest BCUT2D eigenvalue weighted by molar-refractivity contribution is 5.90. The monoisotopic (exact) mass is 210 g/mol. The minimum atomic E-state index is -0.641. The van der Waals surface area contributed by atoms with Crippen molar-refractivity contribution in [2.24, 2.45) is 0 Å². The quantitative estimate of drug-likeness (QED) is 0.672. The van der Waals surface area contributed by atoms with Crippen molar-refractivity contribution >= 4 is 5.91 Å². The van der Waals surface area contributed by atoms with Gasteiger partial charge in [0.2, 0.25) is 5.82 Å². The lowest BCUT2D eigenvalue weighted by Crippen LogP contribution is -2.45. The summed E-state index contributed by atoms with van der Waals surface area (Å²) in [7, 11) is 0. The molecule has 6 nitrogen and oxygen atoms in total. The second kappa shape index (κ2) is 3.62. The van der Waals surface area contributed by atoms with Gasteiger partial charge in [-0.05, 0) is 19.8 Å². The third-order valence-corrected chi connectivity index (χ3v) is 2.75. The molecule has 0 aliphatic carbocycles. The predicted octanol–water partition coefficient (Wildman–Crippen LogP) is -0.208. The fraction of sp³-hybridized carbons (Fsp3) is 0.667. The van der Waals surface area contributed by atoms with Gasteiger partial charge in [-0.25, -0.2) is 4.98 Å². The first-order valence-electron chi connectivity index (χ1n) is 4.95. The maximum atomic E-state index is 11.8. The van der Waals surface area contributed by atoms with Crippen molar-refractivity contribution in [3.05, 3.63) is 12.2 Å². The zero-order valence-electron chi connectivity index (χ0n) is 8.60. The summed E-state index contributed by atoms with van der Waals surface area (Å²) in [6.45, 7) is 2.92. The molecule has 6 heteroatoms. The summed E-state index contributed by atoms with van der Waals surface area (Å²) in [6, 6.07) is 0. The molecule has 2 rings (SSSR count). The molecule has 0 radical (unpaired) electrons. The smallest absolute Gasteiger partial charge is 0.291 e. The summed E-state index contributed by atoms with van der Waals surface area (Å²) in [4.78, 5) is 17.3. The average molecular weight is 210 g/mol. The number of piperidine rings is 1. The third kappa shape index (κ3) is 2.15. The first-order chi connectivity index (χ1) is 7.08. The number of H-pyrrole nitrogens is 1. The van der Waals surface area contributed by atoms with Crippen LogP contribution in [0.1, 0.15) is 30.4 Å². The minimum absolute atomic E-state index is 0.150. The van der Waals surface area contributed by atoms with Crippen LogP contribution < -0.4 is 0 Å². The van der Waals surface area contributed by atoms with Gasteiger partial charge in [-0.15, -0.1) is 0 Å². The van der Waals surface area contributed by atoms with Crippen LogP contribution in [0.15, 0.2) is 6.33 Å². The van der Waals surface area contributed by atoms with E-state index >= 15 is 0 Å². The average Bonchev–Trinajstić information content (AvgIpc) is 2.69. The molecular formula is C9H14N4O2. The number of nitrogens with one attached hydrogen (secondary N) is 1. The van der Waals surface area contributed by atoms with Crippen molar-refractivity contribution in [3.8, 4) is 0 Å². The van der Waals surface area contributed by atoms with Gasteiger partial charge in [0.25, 0.3) is 5.91 Å². The Morgan fingerprint density at radius 1 is 1.60 bits per heavy atom. The highest BCUT2D eigenvalue weighted by Crippen LogP contribution is 2.21. The Bertz CT molecular complexity index is 337. The van der Waals surface area contributed by atoms with E-state index in [2.05, 4.69) is 15.2 Å². The molecule has 2 heterocycles. The van der Waals surface area contributed by atoms with Crippen LogP contribution in [0.3, 0.4) is 0 Å². The Morgan fingerprint density at radius 3 is 2.80 bits per heavy atom. The van der Waals surface area contributed by atoms with E-state index in [1.807, 2.05) is 0 Å². The fourth-order valence-electron chi connectivity index (χ4n) is 1.65. The number of aliphatic hydroxyl groups is 1. The molecule has 1 fully saturated rings. The molecule has 1 aliphatic rings. The number of aromatic amines is 1. The molecule has 0 aromatic carbocycles. The van der Waals surface area contributed by atoms with Crippen LogP contribution in [0.5, 0.6) is 0 Å². The first kappa shape index (κ1) is 10.1. The maximum absolute atomic E-state index is 11.8. The summed E-state index contributed by atoms with van der Waals surface area (Å²) in [5.41, 5.74) is -0.641. The van der Waals surface area contributed by atoms with E-state index in [0.717, 1.165) is 0 Å². The molecule has 0 atom stereocenters. The SMILES string of the molecule is CC1(O)CCN(C(=O)c2ncn[nH]2)CC1. The van der Waals surface area contributed by atoms with Crippen LogP contribution in [-0.4, -0.2) is 49.8 Å². The van der Waals surface area contributed by atoms with Gasteiger partial charge in [-0.1, -0.05) is 0 Å². The summed E-state index contributed by atoms with van der Waals surface area (Å²) in [5.74, 6) is 0.111. The van der Waals surface area contributed by atoms with E-state index < -0.39 is 5.60 Å². The molecule has 1 aromatic heterocycles. The largest absolute Gasteiger partial charge is 0.390 e. The van der Waals surface area contributed by atoms with Crippen molar-refractivity contribution < 1.29 is 9.90 Å². The lowest BCUT2D eigenvalue weighted by atomic mass is 9.94. The number of carbonyl (C=O) groups excluding carboxylic acids is 1. The number of carbonyl (C=O) groups is 1. The summed E-state index contributed by atoms with van der Waals surface area (Å²) >= 11 is 0. The van der Waals surface area contributed by atoms with Crippen molar-refractivity contribution in [3.63, 3.8) is 0 Å². The lowest BCUT2D eigenvalue weighted by Gasteiger charge is -2.35. The Balaban J connectivity index is 2.00. The van der Waals surface area contributed by atoms with Crippen molar-refractivity contribution in [1.82, 2.24) is 20.1 Å². The number of hydrogen-bond donors (Lipinski definition) is 2. The molecule has 1 amide bonds. The van der Waals surface area contributed by atoms with Gasteiger partial charge in [-0.3, -0.25) is 9.89 Å². The molecule has 1 aliphatic heterocycles. The number of likely N-dealkylation sites (tertiary alicyclic amines) is 1. The maximum Gasteiger partial charge on any atom is 0.291 e. The second-order valence-corrected chi connectivity index (χ2v) is 4.12. The van der Waals surface area contributed by atoms with Gasteiger partial charge >= 0.3 is 0 Å². The molecular weight excluding hydrogens is 196 g/mol. The summed E-state index contributed by atoms with van der Waals surface area (Å²) in [5, 5.41) is 15.9. The van der Waals surface area contributed by atoms with Crippen LogP contribution in [0.4, 0.5) is 0 Å². The molecule has 0 saturated carbocycles. The Morgan fingerprint density at radius 2 is 2.27 bits per heavy atom. The number of hydrogen-bond acceptors (Lipinski definition) is 4. The topological polar surface area (TPSA) is 82.1 Å². The highest BCUT2D eigenvalue weighted by Gasteiger charge is 2.30. The minimum Gasteiger partial charge on any atom is -0.390 e. The van der Waals surface area contributed by atoms with Gasteiger partial charge in [0.15, 0.2) is 0 Å². The number of aromatic nitrogens is 3. The van der Waals surface area contributed by atoms with E-state index in [-0.39, 0.29) is 11.7 Å².